The Morgan fingerprint density at radius 2 is 1.62 bits per heavy atom. The van der Waals surface area contributed by atoms with Crippen LogP contribution < -0.4 is 5.32 Å². The van der Waals surface area contributed by atoms with Gasteiger partial charge in [-0.2, -0.15) is 0 Å². The molecule has 0 aliphatic rings. The maximum Gasteiger partial charge on any atom is 0.242 e. The summed E-state index contributed by atoms with van der Waals surface area (Å²) in [7, 11) is 0. The molecular weight excluding hydrogens is 407 g/mol. The normalized spacial score (nSPS) is 12.9. The van der Waals surface area contributed by atoms with E-state index in [1.807, 2.05) is 45.0 Å². The third-order valence-electron chi connectivity index (χ3n) is 4.98. The van der Waals surface area contributed by atoms with Crippen LogP contribution in [0.1, 0.15) is 43.9 Å². The van der Waals surface area contributed by atoms with E-state index in [0.29, 0.717) is 16.6 Å². The minimum absolute atomic E-state index is 0.0522. The lowest BCUT2D eigenvalue weighted by molar-refractivity contribution is -0.140. The molecule has 2 amide bonds. The first-order chi connectivity index (χ1) is 13.7. The second-order valence-corrected chi connectivity index (χ2v) is 8.24. The fourth-order valence-electron chi connectivity index (χ4n) is 2.86. The van der Waals surface area contributed by atoms with Crippen LogP contribution in [0.4, 0.5) is 0 Å². The molecular formula is C23H28Cl2N2O2. The van der Waals surface area contributed by atoms with Crippen LogP contribution in [0.2, 0.25) is 10.0 Å². The van der Waals surface area contributed by atoms with E-state index < -0.39 is 6.04 Å². The summed E-state index contributed by atoms with van der Waals surface area (Å²) in [6.07, 6.45) is 0.970. The second kappa shape index (κ2) is 10.7. The van der Waals surface area contributed by atoms with Crippen molar-refractivity contribution in [1.29, 1.82) is 0 Å². The van der Waals surface area contributed by atoms with Gasteiger partial charge in [-0.05, 0) is 50.5 Å². The van der Waals surface area contributed by atoms with Crippen molar-refractivity contribution < 1.29 is 9.59 Å². The van der Waals surface area contributed by atoms with Gasteiger partial charge >= 0.3 is 0 Å². The zero-order valence-corrected chi connectivity index (χ0v) is 18.8. The predicted octanol–water partition coefficient (Wildman–Crippen LogP) is 5.18. The van der Waals surface area contributed by atoms with Crippen molar-refractivity contribution in [3.8, 4) is 0 Å². The highest BCUT2D eigenvalue weighted by Crippen LogP contribution is 2.23. The standard InChI is InChI=1S/C23H28Cl2N2O2/c1-5-16(3)26-23(29)17(4)27(14-18-8-6-15(2)7-9-18)22(28)13-19-10-11-20(24)21(25)12-19/h6-12,16-17H,5,13-14H2,1-4H3,(H,26,29)/t16-,17+/m1/s1. The first-order valence-corrected chi connectivity index (χ1v) is 10.6. The highest BCUT2D eigenvalue weighted by molar-refractivity contribution is 6.42. The van der Waals surface area contributed by atoms with Crippen LogP contribution in [0.15, 0.2) is 42.5 Å². The molecule has 0 unspecified atom stereocenters. The molecule has 2 aromatic rings. The van der Waals surface area contributed by atoms with Gasteiger partial charge in [0.1, 0.15) is 6.04 Å². The highest BCUT2D eigenvalue weighted by atomic mass is 35.5. The largest absolute Gasteiger partial charge is 0.352 e. The molecule has 0 spiro atoms. The van der Waals surface area contributed by atoms with E-state index in [1.165, 1.54) is 0 Å². The third kappa shape index (κ3) is 6.76. The number of carbonyl (C=O) groups is 2. The molecule has 2 atom stereocenters. The Kier molecular flexibility index (Phi) is 8.54. The number of aryl methyl sites for hydroxylation is 1. The van der Waals surface area contributed by atoms with Gasteiger partial charge in [0.05, 0.1) is 16.5 Å². The number of amides is 2. The molecule has 0 bridgehead atoms. The van der Waals surface area contributed by atoms with Crippen LogP contribution in [0.3, 0.4) is 0 Å². The minimum atomic E-state index is -0.597. The van der Waals surface area contributed by atoms with Crippen LogP contribution in [0.25, 0.3) is 0 Å². The van der Waals surface area contributed by atoms with Gasteiger partial charge in [0.15, 0.2) is 0 Å². The van der Waals surface area contributed by atoms with Crippen molar-refractivity contribution in [2.75, 3.05) is 0 Å². The van der Waals surface area contributed by atoms with Crippen molar-refractivity contribution in [3.05, 3.63) is 69.2 Å². The number of carbonyl (C=O) groups excluding carboxylic acids is 2. The zero-order valence-electron chi connectivity index (χ0n) is 17.3. The van der Waals surface area contributed by atoms with Crippen molar-refractivity contribution >= 4 is 35.0 Å². The summed E-state index contributed by atoms with van der Waals surface area (Å²) in [5.41, 5.74) is 2.87. The number of nitrogens with zero attached hydrogens (tertiary/aromatic N) is 1. The Bertz CT molecular complexity index is 852. The molecule has 0 saturated heterocycles. The fraction of sp³-hybridized carbons (Fsp3) is 0.391. The first-order valence-electron chi connectivity index (χ1n) is 9.80. The highest BCUT2D eigenvalue weighted by Gasteiger charge is 2.27. The summed E-state index contributed by atoms with van der Waals surface area (Å²) >= 11 is 12.1. The molecule has 0 aromatic heterocycles. The van der Waals surface area contributed by atoms with Crippen molar-refractivity contribution in [3.63, 3.8) is 0 Å². The average molecular weight is 435 g/mol. The summed E-state index contributed by atoms with van der Waals surface area (Å²) in [5.74, 6) is -0.301. The molecule has 2 rings (SSSR count). The molecule has 156 valence electrons. The monoisotopic (exact) mass is 434 g/mol. The molecule has 1 N–H and O–H groups in total. The van der Waals surface area contributed by atoms with Gasteiger partial charge in [-0.1, -0.05) is 66.0 Å². The van der Waals surface area contributed by atoms with E-state index in [4.69, 9.17) is 23.2 Å². The summed E-state index contributed by atoms with van der Waals surface area (Å²) in [6, 6.07) is 12.6. The molecule has 29 heavy (non-hydrogen) atoms. The van der Waals surface area contributed by atoms with Gasteiger partial charge in [0.2, 0.25) is 11.8 Å². The maximum absolute atomic E-state index is 13.2. The van der Waals surface area contributed by atoms with E-state index in [-0.39, 0.29) is 24.3 Å². The van der Waals surface area contributed by atoms with Gasteiger partial charge < -0.3 is 10.2 Å². The van der Waals surface area contributed by atoms with Crippen molar-refractivity contribution in [1.82, 2.24) is 10.2 Å². The van der Waals surface area contributed by atoms with Gasteiger partial charge in [-0.15, -0.1) is 0 Å². The van der Waals surface area contributed by atoms with E-state index >= 15 is 0 Å². The van der Waals surface area contributed by atoms with Gasteiger partial charge in [0.25, 0.3) is 0 Å². The number of hydrogen-bond donors (Lipinski definition) is 1. The van der Waals surface area contributed by atoms with Crippen molar-refractivity contribution in [2.24, 2.45) is 0 Å². The molecule has 6 heteroatoms. The molecule has 0 aliphatic heterocycles. The maximum atomic E-state index is 13.2. The molecule has 0 fully saturated rings. The van der Waals surface area contributed by atoms with E-state index in [9.17, 15) is 9.59 Å². The number of halogens is 2. The quantitative estimate of drug-likeness (QED) is 0.622. The molecule has 0 aliphatic carbocycles. The van der Waals surface area contributed by atoms with Crippen LogP contribution in [-0.4, -0.2) is 28.8 Å². The van der Waals surface area contributed by atoms with Gasteiger partial charge in [-0.3, -0.25) is 9.59 Å². The Labute approximate surface area is 183 Å². The van der Waals surface area contributed by atoms with Crippen LogP contribution in [0.5, 0.6) is 0 Å². The molecule has 2 aromatic carbocycles. The lowest BCUT2D eigenvalue weighted by Crippen LogP contribution is -2.49. The molecule has 4 nitrogen and oxygen atoms in total. The molecule has 0 heterocycles. The Morgan fingerprint density at radius 1 is 1.00 bits per heavy atom. The lowest BCUT2D eigenvalue weighted by Gasteiger charge is -2.30. The smallest absolute Gasteiger partial charge is 0.242 e. The number of rotatable bonds is 8. The topological polar surface area (TPSA) is 49.4 Å². The third-order valence-corrected chi connectivity index (χ3v) is 5.72. The number of nitrogens with one attached hydrogen (secondary N) is 1. The molecule has 0 radical (unpaired) electrons. The predicted molar refractivity (Wildman–Crippen MR) is 119 cm³/mol. The minimum Gasteiger partial charge on any atom is -0.352 e. The summed E-state index contributed by atoms with van der Waals surface area (Å²) in [4.78, 5) is 27.5. The van der Waals surface area contributed by atoms with E-state index in [2.05, 4.69) is 5.32 Å². The average Bonchev–Trinajstić information content (AvgIpc) is 2.69. The second-order valence-electron chi connectivity index (χ2n) is 7.43. The fourth-order valence-corrected chi connectivity index (χ4v) is 3.18. The Hall–Kier alpha value is -2.04. The van der Waals surface area contributed by atoms with Gasteiger partial charge in [-0.25, -0.2) is 0 Å². The Balaban J connectivity index is 2.23. The van der Waals surface area contributed by atoms with Crippen LogP contribution >= 0.6 is 23.2 Å². The summed E-state index contributed by atoms with van der Waals surface area (Å²) < 4.78 is 0. The van der Waals surface area contributed by atoms with E-state index in [0.717, 1.165) is 23.1 Å². The summed E-state index contributed by atoms with van der Waals surface area (Å²) in [5, 5.41) is 3.82. The van der Waals surface area contributed by atoms with Crippen molar-refractivity contribution in [2.45, 2.75) is 59.2 Å². The zero-order chi connectivity index (χ0) is 21.6. The summed E-state index contributed by atoms with van der Waals surface area (Å²) in [6.45, 7) is 8.09. The van der Waals surface area contributed by atoms with E-state index in [1.54, 1.807) is 30.0 Å². The van der Waals surface area contributed by atoms with Crippen LogP contribution in [-0.2, 0) is 22.6 Å². The van der Waals surface area contributed by atoms with Crippen LogP contribution in [0, 0.1) is 6.92 Å². The Morgan fingerprint density at radius 3 is 2.21 bits per heavy atom. The first kappa shape index (κ1) is 23.2. The lowest BCUT2D eigenvalue weighted by atomic mass is 10.1. The SMILES string of the molecule is CC[C@@H](C)NC(=O)[C@H](C)N(Cc1ccc(C)cc1)C(=O)Cc1ccc(Cl)c(Cl)c1. The number of benzene rings is 2. The van der Waals surface area contributed by atoms with Gasteiger partial charge in [0, 0.05) is 12.6 Å². The molecule has 0 saturated carbocycles. The number of hydrogen-bond acceptors (Lipinski definition) is 2.